The molecule has 0 saturated carbocycles. The lowest BCUT2D eigenvalue weighted by molar-refractivity contribution is 1.18. The molecule has 0 aliphatic heterocycles. The van der Waals surface area contributed by atoms with Crippen LogP contribution in [0.2, 0.25) is 0 Å². The van der Waals surface area contributed by atoms with Gasteiger partial charge in [0.05, 0.1) is 33.3 Å². The second-order valence-electron chi connectivity index (χ2n) is 15.5. The summed E-state index contributed by atoms with van der Waals surface area (Å²) in [5.41, 5.74) is 17.8. The summed E-state index contributed by atoms with van der Waals surface area (Å²) < 4.78 is 4.81. The maximum Gasteiger partial charge on any atom is 0.0722 e. The highest BCUT2D eigenvalue weighted by Crippen LogP contribution is 2.48. The molecule has 0 spiro atoms. The highest BCUT2D eigenvalue weighted by Gasteiger charge is 2.23. The van der Waals surface area contributed by atoms with E-state index in [0.717, 1.165) is 22.5 Å². The van der Waals surface area contributed by atoms with Gasteiger partial charge in [0.2, 0.25) is 0 Å². The van der Waals surface area contributed by atoms with Gasteiger partial charge < -0.3 is 9.13 Å². The molecule has 0 fully saturated rings. The van der Waals surface area contributed by atoms with Gasteiger partial charge in [-0.2, -0.15) is 0 Å². The van der Waals surface area contributed by atoms with E-state index in [1.807, 2.05) is 0 Å². The van der Waals surface area contributed by atoms with Crippen LogP contribution >= 0.6 is 0 Å². The summed E-state index contributed by atoms with van der Waals surface area (Å²) >= 11 is 0. The van der Waals surface area contributed by atoms with Crippen LogP contribution in [0.1, 0.15) is 0 Å². The smallest absolute Gasteiger partial charge is 0.0722 e. The van der Waals surface area contributed by atoms with Crippen LogP contribution < -0.4 is 0 Å². The maximum absolute atomic E-state index is 5.20. The van der Waals surface area contributed by atoms with E-state index in [4.69, 9.17) is 4.98 Å². The van der Waals surface area contributed by atoms with Crippen LogP contribution in [0, 0.1) is 0 Å². The molecule has 9 aromatic carbocycles. The van der Waals surface area contributed by atoms with Gasteiger partial charge in [0.15, 0.2) is 0 Å². The number of rotatable bonds is 4. The lowest BCUT2D eigenvalue weighted by atomic mass is 9.99. The predicted octanol–water partition coefficient (Wildman–Crippen LogP) is 14.6. The van der Waals surface area contributed by atoms with Crippen LogP contribution in [0.5, 0.6) is 0 Å². The van der Waals surface area contributed by atoms with E-state index >= 15 is 0 Å². The van der Waals surface area contributed by atoms with Gasteiger partial charge in [0.25, 0.3) is 0 Å². The molecule has 0 unspecified atom stereocenters. The summed E-state index contributed by atoms with van der Waals surface area (Å²) in [6.45, 7) is 0. The minimum atomic E-state index is 0.990. The van der Waals surface area contributed by atoms with Crippen molar-refractivity contribution in [2.24, 2.45) is 0 Å². The third-order valence-electron chi connectivity index (χ3n) is 12.4. The van der Waals surface area contributed by atoms with Crippen LogP contribution in [-0.4, -0.2) is 14.1 Å². The lowest BCUT2D eigenvalue weighted by Crippen LogP contribution is -1.94. The van der Waals surface area contributed by atoms with E-state index in [2.05, 4.69) is 209 Å². The highest BCUT2D eigenvalue weighted by molar-refractivity contribution is 6.22. The van der Waals surface area contributed by atoms with Gasteiger partial charge in [-0.05, 0) is 117 Å². The molecule has 12 aromatic rings. The Bertz CT molecular complexity index is 3660. The van der Waals surface area contributed by atoms with Gasteiger partial charge in [0.1, 0.15) is 0 Å². The van der Waals surface area contributed by atoms with Crippen molar-refractivity contribution in [3.63, 3.8) is 0 Å². The van der Waals surface area contributed by atoms with Crippen LogP contribution in [0.25, 0.3) is 121 Å². The summed E-state index contributed by atoms with van der Waals surface area (Å²) in [6, 6.07) is 73.1. The molecule has 3 heterocycles. The van der Waals surface area contributed by atoms with Crippen molar-refractivity contribution in [2.45, 2.75) is 0 Å². The van der Waals surface area contributed by atoms with Gasteiger partial charge >= 0.3 is 0 Å². The number of pyridine rings is 1. The molecular formula is C55H33N3. The van der Waals surface area contributed by atoms with E-state index in [0.29, 0.717) is 0 Å². The predicted molar refractivity (Wildman–Crippen MR) is 243 cm³/mol. The fourth-order valence-corrected chi connectivity index (χ4v) is 9.86. The Morgan fingerprint density at radius 1 is 0.310 bits per heavy atom. The van der Waals surface area contributed by atoms with Gasteiger partial charge in [-0.25, -0.2) is 4.98 Å². The summed E-state index contributed by atoms with van der Waals surface area (Å²) in [5, 5.41) is 8.78. The van der Waals surface area contributed by atoms with Gasteiger partial charge in [-0.3, -0.25) is 0 Å². The molecule has 268 valence electrons. The van der Waals surface area contributed by atoms with Crippen molar-refractivity contribution >= 4 is 65.3 Å². The molecular weight excluding hydrogens is 703 g/mol. The first-order valence-electron chi connectivity index (χ1n) is 20.0. The van der Waals surface area contributed by atoms with Crippen LogP contribution in [0.4, 0.5) is 0 Å². The molecule has 3 aromatic heterocycles. The van der Waals surface area contributed by atoms with Crippen molar-refractivity contribution in [3.8, 4) is 56.0 Å². The average Bonchev–Trinajstić information content (AvgIpc) is 3.93. The van der Waals surface area contributed by atoms with Gasteiger partial charge in [-0.1, -0.05) is 127 Å². The highest BCUT2D eigenvalue weighted by atomic mass is 15.0. The topological polar surface area (TPSA) is 22.8 Å². The van der Waals surface area contributed by atoms with Crippen LogP contribution in [0.15, 0.2) is 200 Å². The zero-order valence-electron chi connectivity index (χ0n) is 31.4. The van der Waals surface area contributed by atoms with Crippen molar-refractivity contribution in [1.82, 2.24) is 14.1 Å². The number of aromatic nitrogens is 3. The van der Waals surface area contributed by atoms with Crippen molar-refractivity contribution in [1.29, 1.82) is 0 Å². The molecule has 58 heavy (non-hydrogen) atoms. The van der Waals surface area contributed by atoms with E-state index in [-0.39, 0.29) is 0 Å². The Morgan fingerprint density at radius 2 is 0.897 bits per heavy atom. The normalized spacial score (nSPS) is 12.1. The number of hydrogen-bond acceptors (Lipinski definition) is 1. The number of fused-ring (bicyclic) bond motifs is 11. The zero-order valence-corrected chi connectivity index (χ0v) is 31.4. The summed E-state index contributed by atoms with van der Waals surface area (Å²) in [5.74, 6) is 0. The monoisotopic (exact) mass is 735 g/mol. The molecule has 3 heteroatoms. The number of benzene rings is 9. The summed E-state index contributed by atoms with van der Waals surface area (Å²) in [6.07, 6.45) is 0. The molecule has 0 amide bonds. The molecule has 3 nitrogen and oxygen atoms in total. The number of nitrogens with zero attached hydrogens (tertiary/aromatic N) is 3. The molecule has 0 N–H and O–H groups in total. The summed E-state index contributed by atoms with van der Waals surface area (Å²) in [7, 11) is 0. The third-order valence-corrected chi connectivity index (χ3v) is 12.4. The van der Waals surface area contributed by atoms with Gasteiger partial charge in [-0.15, -0.1) is 0 Å². The van der Waals surface area contributed by atoms with Gasteiger partial charge in [0, 0.05) is 43.9 Å². The fraction of sp³-hybridized carbons (Fsp3) is 0. The number of para-hydroxylation sites is 2. The second kappa shape index (κ2) is 11.9. The minimum absolute atomic E-state index is 0.990. The first-order valence-corrected chi connectivity index (χ1v) is 20.0. The molecule has 0 atom stereocenters. The molecule has 0 saturated heterocycles. The fourth-order valence-electron chi connectivity index (χ4n) is 9.86. The van der Waals surface area contributed by atoms with E-state index in [9.17, 15) is 0 Å². The Morgan fingerprint density at radius 3 is 1.72 bits per heavy atom. The Kier molecular flexibility index (Phi) is 6.44. The molecule has 13 rings (SSSR count). The minimum Gasteiger partial charge on any atom is -0.309 e. The first-order chi connectivity index (χ1) is 28.8. The van der Waals surface area contributed by atoms with Crippen molar-refractivity contribution in [3.05, 3.63) is 200 Å². The Hall–Kier alpha value is -7.75. The second-order valence-corrected chi connectivity index (χ2v) is 15.5. The molecule has 1 aliphatic carbocycles. The largest absolute Gasteiger partial charge is 0.309 e. The van der Waals surface area contributed by atoms with E-state index < -0.39 is 0 Å². The van der Waals surface area contributed by atoms with Crippen molar-refractivity contribution in [2.75, 3.05) is 0 Å². The zero-order chi connectivity index (χ0) is 37.9. The SMILES string of the molecule is c1ccc(-n2c3ccccc3c3cc(-c4ccc5c(c4)c4c6ccccc6ccc4n5-c4ccc(-c5cc6c7c(cccc7n5)-c5ccccc5-6)cc4)ccc32)cc1. The van der Waals surface area contributed by atoms with Crippen molar-refractivity contribution < 1.29 is 0 Å². The molecule has 1 aliphatic rings. The third kappa shape index (κ3) is 4.41. The molecule has 0 radical (unpaired) electrons. The Labute approximate surface area is 334 Å². The number of hydrogen-bond donors (Lipinski definition) is 0. The van der Waals surface area contributed by atoms with E-state index in [1.165, 1.54) is 98.8 Å². The maximum atomic E-state index is 5.20. The first kappa shape index (κ1) is 31.5. The van der Waals surface area contributed by atoms with Crippen LogP contribution in [-0.2, 0) is 0 Å². The molecule has 0 bridgehead atoms. The summed E-state index contributed by atoms with van der Waals surface area (Å²) in [4.78, 5) is 5.20. The Balaban J connectivity index is 0.971. The lowest BCUT2D eigenvalue weighted by Gasteiger charge is -2.11. The standard InChI is InChI=1S/C55H33N3/c1-2-12-38(13-3-1)57-50-20-9-8-17-43(50)45-31-36(24-28-51(45)57)37-25-29-52-47(32-37)55-40-14-5-4-11-34(40)23-30-53(55)58(52)39-26-21-35(22-27-39)49-33-46-42-16-7-6-15-41(42)44-18-10-19-48(56-49)54(44)46/h1-33H. The van der Waals surface area contributed by atoms with Crippen LogP contribution in [0.3, 0.4) is 0 Å². The van der Waals surface area contributed by atoms with E-state index in [1.54, 1.807) is 0 Å². The quantitative estimate of drug-likeness (QED) is 0.176. The average molecular weight is 736 g/mol.